The van der Waals surface area contributed by atoms with Crippen LogP contribution in [0, 0.1) is 0 Å². The summed E-state index contributed by atoms with van der Waals surface area (Å²) in [6.07, 6.45) is 2.89. The molecule has 0 aliphatic heterocycles. The Morgan fingerprint density at radius 1 is 1.22 bits per heavy atom. The molecule has 2 aromatic rings. The molecular weight excluding hydrogens is 256 g/mol. The van der Waals surface area contributed by atoms with E-state index >= 15 is 0 Å². The Hall–Kier alpha value is -2.48. The Morgan fingerprint density at radius 3 is 2.72 bits per heavy atom. The van der Waals surface area contributed by atoms with Gasteiger partial charge in [-0.25, -0.2) is 19.6 Å². The number of urea groups is 1. The van der Waals surface area contributed by atoms with E-state index < -0.39 is 12.0 Å². The summed E-state index contributed by atoms with van der Waals surface area (Å²) >= 11 is 1.26. The summed E-state index contributed by atoms with van der Waals surface area (Å²) in [5, 5.41) is 15.9. The van der Waals surface area contributed by atoms with Crippen molar-refractivity contribution in [1.29, 1.82) is 0 Å². The van der Waals surface area contributed by atoms with E-state index in [1.807, 2.05) is 0 Å². The van der Waals surface area contributed by atoms with Gasteiger partial charge in [-0.15, -0.1) is 11.3 Å². The second-order valence-electron chi connectivity index (χ2n) is 3.12. The quantitative estimate of drug-likeness (QED) is 0.785. The zero-order valence-electron chi connectivity index (χ0n) is 8.95. The molecule has 2 heterocycles. The fourth-order valence-electron chi connectivity index (χ4n) is 1.21. The van der Waals surface area contributed by atoms with E-state index in [-0.39, 0.29) is 11.4 Å². The van der Waals surface area contributed by atoms with Gasteiger partial charge in [0.15, 0.2) is 10.8 Å². The van der Waals surface area contributed by atoms with Crippen LogP contribution in [0.1, 0.15) is 10.5 Å². The summed E-state index contributed by atoms with van der Waals surface area (Å²) in [5.74, 6) is -1.21. The number of amides is 2. The molecule has 0 atom stereocenters. The van der Waals surface area contributed by atoms with E-state index in [0.717, 1.165) is 0 Å². The molecule has 0 spiro atoms. The van der Waals surface area contributed by atoms with E-state index in [0.29, 0.717) is 5.13 Å². The number of hydrogen-bond acceptors (Lipinski definition) is 5. The number of hydrogen-bond donors (Lipinski definition) is 3. The molecule has 0 saturated heterocycles. The van der Waals surface area contributed by atoms with Gasteiger partial charge in [-0.2, -0.15) is 0 Å². The van der Waals surface area contributed by atoms with Gasteiger partial charge in [0.2, 0.25) is 0 Å². The van der Waals surface area contributed by atoms with Crippen LogP contribution in [-0.2, 0) is 0 Å². The standard InChI is InChI=1S/C10H8N4O3S/c15-8(16)7-6(2-1-3-11-7)13-9(17)14-10-12-4-5-18-10/h1-5H,(H,15,16)(H2,12,13,14,17). The minimum absolute atomic E-state index is 0.124. The maximum absolute atomic E-state index is 11.6. The van der Waals surface area contributed by atoms with Gasteiger partial charge in [-0.1, -0.05) is 0 Å². The minimum atomic E-state index is -1.21. The smallest absolute Gasteiger partial charge is 0.356 e. The van der Waals surface area contributed by atoms with Crippen LogP contribution in [0.3, 0.4) is 0 Å². The van der Waals surface area contributed by atoms with Crippen molar-refractivity contribution in [3.05, 3.63) is 35.6 Å². The SMILES string of the molecule is O=C(Nc1nccs1)Nc1cccnc1C(=O)O. The highest BCUT2D eigenvalue weighted by atomic mass is 32.1. The molecule has 0 fully saturated rings. The van der Waals surface area contributed by atoms with Gasteiger partial charge >= 0.3 is 12.0 Å². The van der Waals surface area contributed by atoms with Crippen LogP contribution in [0.15, 0.2) is 29.9 Å². The van der Waals surface area contributed by atoms with Crippen LogP contribution in [0.4, 0.5) is 15.6 Å². The molecule has 7 nitrogen and oxygen atoms in total. The Bertz CT molecular complexity index is 570. The molecule has 0 aromatic carbocycles. The number of carboxylic acids is 1. The zero-order chi connectivity index (χ0) is 13.0. The first-order valence-corrected chi connectivity index (χ1v) is 5.70. The molecule has 2 rings (SSSR count). The van der Waals surface area contributed by atoms with Crippen LogP contribution in [-0.4, -0.2) is 27.1 Å². The first-order chi connectivity index (χ1) is 8.66. The van der Waals surface area contributed by atoms with Gasteiger partial charge in [0, 0.05) is 17.8 Å². The molecule has 3 N–H and O–H groups in total. The lowest BCUT2D eigenvalue weighted by Gasteiger charge is -2.07. The maximum Gasteiger partial charge on any atom is 0.356 e. The predicted octanol–water partition coefficient (Wildman–Crippen LogP) is 1.88. The lowest BCUT2D eigenvalue weighted by atomic mass is 10.3. The average Bonchev–Trinajstić information content (AvgIpc) is 2.82. The molecular formula is C10H8N4O3S. The molecule has 8 heteroatoms. The fourth-order valence-corrected chi connectivity index (χ4v) is 1.74. The monoisotopic (exact) mass is 264 g/mol. The summed E-state index contributed by atoms with van der Waals surface area (Å²) in [7, 11) is 0. The molecule has 0 aliphatic rings. The fraction of sp³-hybridized carbons (Fsp3) is 0. The van der Waals surface area contributed by atoms with Crippen LogP contribution in [0.25, 0.3) is 0 Å². The van der Waals surface area contributed by atoms with Crippen molar-refractivity contribution in [2.75, 3.05) is 10.6 Å². The van der Waals surface area contributed by atoms with Crippen molar-refractivity contribution in [3.8, 4) is 0 Å². The van der Waals surface area contributed by atoms with Gasteiger partial charge in [-0.3, -0.25) is 5.32 Å². The van der Waals surface area contributed by atoms with E-state index in [2.05, 4.69) is 20.6 Å². The van der Waals surface area contributed by atoms with Crippen molar-refractivity contribution >= 4 is 34.2 Å². The van der Waals surface area contributed by atoms with Crippen LogP contribution in [0.5, 0.6) is 0 Å². The van der Waals surface area contributed by atoms with Crippen LogP contribution < -0.4 is 10.6 Å². The number of pyridine rings is 1. The van der Waals surface area contributed by atoms with Gasteiger partial charge < -0.3 is 10.4 Å². The van der Waals surface area contributed by atoms with Crippen LogP contribution >= 0.6 is 11.3 Å². The highest BCUT2D eigenvalue weighted by Crippen LogP contribution is 2.14. The molecule has 18 heavy (non-hydrogen) atoms. The first kappa shape index (κ1) is 12.0. The number of nitrogens with one attached hydrogen (secondary N) is 2. The number of carbonyl (C=O) groups is 2. The molecule has 0 unspecified atom stereocenters. The molecule has 0 aliphatic carbocycles. The molecule has 0 bridgehead atoms. The molecule has 0 radical (unpaired) electrons. The third-order valence-corrected chi connectivity index (χ3v) is 2.60. The van der Waals surface area contributed by atoms with E-state index in [1.54, 1.807) is 11.6 Å². The van der Waals surface area contributed by atoms with Crippen molar-refractivity contribution in [3.63, 3.8) is 0 Å². The number of aromatic nitrogens is 2. The van der Waals surface area contributed by atoms with Gasteiger partial charge in [0.05, 0.1) is 5.69 Å². The lowest BCUT2D eigenvalue weighted by molar-refractivity contribution is 0.0692. The number of carboxylic acid groups (broad SMARTS) is 1. The third-order valence-electron chi connectivity index (χ3n) is 1.91. The summed E-state index contributed by atoms with van der Waals surface area (Å²) in [4.78, 5) is 30.0. The number of aromatic carboxylic acids is 1. The Labute approximate surface area is 106 Å². The Kier molecular flexibility index (Phi) is 3.49. The summed E-state index contributed by atoms with van der Waals surface area (Å²) < 4.78 is 0. The molecule has 2 amide bonds. The topological polar surface area (TPSA) is 104 Å². The molecule has 2 aromatic heterocycles. The summed E-state index contributed by atoms with van der Waals surface area (Å²) in [5.41, 5.74) is -0.0918. The number of anilines is 2. The Balaban J connectivity index is 2.09. The molecule has 0 saturated carbocycles. The predicted molar refractivity (Wildman–Crippen MR) is 66.0 cm³/mol. The lowest BCUT2D eigenvalue weighted by Crippen LogP contribution is -2.21. The number of carbonyl (C=O) groups excluding carboxylic acids is 1. The molecule has 92 valence electrons. The number of thiazole rings is 1. The third kappa shape index (κ3) is 2.80. The van der Waals surface area contributed by atoms with Crippen LogP contribution in [0.2, 0.25) is 0 Å². The second kappa shape index (κ2) is 5.23. The largest absolute Gasteiger partial charge is 0.476 e. The van der Waals surface area contributed by atoms with E-state index in [4.69, 9.17) is 5.11 Å². The van der Waals surface area contributed by atoms with E-state index in [1.165, 1.54) is 29.7 Å². The summed E-state index contributed by atoms with van der Waals surface area (Å²) in [6.45, 7) is 0. The van der Waals surface area contributed by atoms with Crippen molar-refractivity contribution in [2.45, 2.75) is 0 Å². The van der Waals surface area contributed by atoms with E-state index in [9.17, 15) is 9.59 Å². The van der Waals surface area contributed by atoms with Gasteiger partial charge in [0.1, 0.15) is 0 Å². The van der Waals surface area contributed by atoms with Crippen molar-refractivity contribution in [1.82, 2.24) is 9.97 Å². The summed E-state index contributed by atoms with van der Waals surface area (Å²) in [6, 6.07) is 2.42. The van der Waals surface area contributed by atoms with Gasteiger partial charge in [0.25, 0.3) is 0 Å². The second-order valence-corrected chi connectivity index (χ2v) is 4.02. The van der Waals surface area contributed by atoms with Crippen molar-refractivity contribution in [2.24, 2.45) is 0 Å². The van der Waals surface area contributed by atoms with Crippen molar-refractivity contribution < 1.29 is 14.7 Å². The van der Waals surface area contributed by atoms with Gasteiger partial charge in [-0.05, 0) is 12.1 Å². The normalized spacial score (nSPS) is 9.78. The maximum atomic E-state index is 11.6. The highest BCUT2D eigenvalue weighted by Gasteiger charge is 2.13. The average molecular weight is 264 g/mol. The highest BCUT2D eigenvalue weighted by molar-refractivity contribution is 7.13. The minimum Gasteiger partial charge on any atom is -0.476 e. The zero-order valence-corrected chi connectivity index (χ0v) is 9.77. The number of rotatable bonds is 3. The number of nitrogens with zero attached hydrogens (tertiary/aromatic N) is 2. The Morgan fingerprint density at radius 2 is 2.06 bits per heavy atom. The first-order valence-electron chi connectivity index (χ1n) is 4.82.